The van der Waals surface area contributed by atoms with E-state index in [1.54, 1.807) is 0 Å². The molecule has 2 aromatic rings. The third-order valence-corrected chi connectivity index (χ3v) is 4.01. The molecule has 94 valence electrons. The number of H-pyrrole nitrogens is 1. The van der Waals surface area contributed by atoms with E-state index in [0.29, 0.717) is 0 Å². The van der Waals surface area contributed by atoms with Gasteiger partial charge >= 0.3 is 5.97 Å². The number of para-hydroxylation sites is 1. The fraction of sp³-hybridized carbons (Fsp3) is 0.400. The summed E-state index contributed by atoms with van der Waals surface area (Å²) < 4.78 is 0. The molecule has 0 amide bonds. The van der Waals surface area contributed by atoms with Crippen molar-refractivity contribution >= 4 is 16.9 Å². The molecule has 0 aliphatic heterocycles. The predicted molar refractivity (Wildman–Crippen MR) is 71.0 cm³/mol. The second-order valence-corrected chi connectivity index (χ2v) is 4.99. The smallest absolute Gasteiger partial charge is 0.312 e. The number of benzene rings is 1. The van der Waals surface area contributed by atoms with Gasteiger partial charge in [0.25, 0.3) is 0 Å². The highest BCUT2D eigenvalue weighted by atomic mass is 16.4. The average molecular weight is 243 g/mol. The van der Waals surface area contributed by atoms with E-state index in [9.17, 15) is 9.90 Å². The van der Waals surface area contributed by atoms with Gasteiger partial charge in [0.1, 0.15) is 0 Å². The third kappa shape index (κ3) is 1.54. The fourth-order valence-corrected chi connectivity index (χ4v) is 3.09. The summed E-state index contributed by atoms with van der Waals surface area (Å²) in [7, 11) is 0. The van der Waals surface area contributed by atoms with Crippen molar-refractivity contribution in [2.45, 2.75) is 38.5 Å². The van der Waals surface area contributed by atoms with Gasteiger partial charge in [0.2, 0.25) is 0 Å². The van der Waals surface area contributed by atoms with Gasteiger partial charge < -0.3 is 10.1 Å². The number of carbonyl (C=O) groups is 1. The number of aromatic amines is 1. The van der Waals surface area contributed by atoms with Crippen LogP contribution in [0.4, 0.5) is 0 Å². The number of rotatable bonds is 2. The normalized spacial score (nSPS) is 18.8. The third-order valence-electron chi connectivity index (χ3n) is 4.01. The van der Waals surface area contributed by atoms with Crippen molar-refractivity contribution in [3.05, 3.63) is 35.0 Å². The molecular formula is C15H17NO2. The molecule has 0 saturated heterocycles. The lowest BCUT2D eigenvalue weighted by molar-refractivity contribution is -0.139. The van der Waals surface area contributed by atoms with Crippen LogP contribution in [0.15, 0.2) is 18.2 Å². The summed E-state index contributed by atoms with van der Waals surface area (Å²) in [5, 5.41) is 10.5. The van der Waals surface area contributed by atoms with Crippen LogP contribution < -0.4 is 0 Å². The van der Waals surface area contributed by atoms with Gasteiger partial charge in [-0.05, 0) is 36.8 Å². The fourth-order valence-electron chi connectivity index (χ4n) is 3.09. The molecule has 0 bridgehead atoms. The van der Waals surface area contributed by atoms with Gasteiger partial charge in [-0.1, -0.05) is 25.1 Å². The lowest BCUT2D eigenvalue weighted by atomic mass is 9.87. The Kier molecular flexibility index (Phi) is 2.62. The topological polar surface area (TPSA) is 53.1 Å². The Morgan fingerprint density at radius 2 is 2.33 bits per heavy atom. The van der Waals surface area contributed by atoms with Crippen molar-refractivity contribution in [3.63, 3.8) is 0 Å². The van der Waals surface area contributed by atoms with Gasteiger partial charge in [-0.25, -0.2) is 0 Å². The molecule has 3 heteroatoms. The molecule has 18 heavy (non-hydrogen) atoms. The summed E-state index contributed by atoms with van der Waals surface area (Å²) in [6.45, 7) is 2.13. The molecule has 1 aliphatic carbocycles. The molecule has 1 aromatic carbocycles. The van der Waals surface area contributed by atoms with Crippen LogP contribution in [-0.2, 0) is 17.6 Å². The van der Waals surface area contributed by atoms with Crippen molar-refractivity contribution in [1.82, 2.24) is 4.98 Å². The molecule has 1 aromatic heterocycles. The van der Waals surface area contributed by atoms with Crippen LogP contribution in [0.25, 0.3) is 10.9 Å². The van der Waals surface area contributed by atoms with Gasteiger partial charge in [-0.2, -0.15) is 0 Å². The van der Waals surface area contributed by atoms with Gasteiger partial charge in [0, 0.05) is 16.6 Å². The van der Waals surface area contributed by atoms with E-state index < -0.39 is 5.97 Å². The van der Waals surface area contributed by atoms with E-state index in [1.807, 2.05) is 0 Å². The second kappa shape index (κ2) is 4.16. The first-order valence-electron chi connectivity index (χ1n) is 6.57. The lowest BCUT2D eigenvalue weighted by Gasteiger charge is -2.18. The number of aliphatic carboxylic acids is 1. The van der Waals surface area contributed by atoms with E-state index in [-0.39, 0.29) is 5.92 Å². The monoisotopic (exact) mass is 243 g/mol. The molecule has 0 radical (unpaired) electrons. The molecular weight excluding hydrogens is 226 g/mol. The Balaban J connectivity index is 2.26. The van der Waals surface area contributed by atoms with Crippen molar-refractivity contribution in [2.75, 3.05) is 0 Å². The molecule has 1 aliphatic rings. The highest BCUT2D eigenvalue weighted by Gasteiger charge is 2.29. The highest BCUT2D eigenvalue weighted by Crippen LogP contribution is 2.37. The second-order valence-electron chi connectivity index (χ2n) is 4.99. The minimum absolute atomic E-state index is 0.356. The maximum Gasteiger partial charge on any atom is 0.312 e. The van der Waals surface area contributed by atoms with Crippen LogP contribution in [0.1, 0.15) is 42.5 Å². The van der Waals surface area contributed by atoms with Crippen molar-refractivity contribution in [2.24, 2.45) is 0 Å². The molecule has 0 fully saturated rings. The minimum atomic E-state index is -0.708. The number of hydrogen-bond donors (Lipinski definition) is 2. The highest BCUT2D eigenvalue weighted by molar-refractivity contribution is 5.90. The number of hydrogen-bond acceptors (Lipinski definition) is 1. The summed E-state index contributed by atoms with van der Waals surface area (Å²) >= 11 is 0. The van der Waals surface area contributed by atoms with Gasteiger partial charge in [-0.15, -0.1) is 0 Å². The zero-order chi connectivity index (χ0) is 12.7. The van der Waals surface area contributed by atoms with Crippen LogP contribution in [0.2, 0.25) is 0 Å². The van der Waals surface area contributed by atoms with Crippen molar-refractivity contribution < 1.29 is 9.90 Å². The summed E-state index contributed by atoms with van der Waals surface area (Å²) in [5.74, 6) is -1.06. The molecule has 3 nitrogen and oxygen atoms in total. The lowest BCUT2D eigenvalue weighted by Crippen LogP contribution is -2.17. The number of carboxylic acid groups (broad SMARTS) is 1. The van der Waals surface area contributed by atoms with Crippen LogP contribution in [0.3, 0.4) is 0 Å². The Labute approximate surface area is 106 Å². The molecule has 2 N–H and O–H groups in total. The van der Waals surface area contributed by atoms with Crippen LogP contribution >= 0.6 is 0 Å². The summed E-state index contributed by atoms with van der Waals surface area (Å²) in [6.07, 6.45) is 3.67. The largest absolute Gasteiger partial charge is 0.481 e. The molecule has 1 heterocycles. The van der Waals surface area contributed by atoms with E-state index >= 15 is 0 Å². The standard InChI is InChI=1S/C15H17NO2/c1-2-9-5-3-6-10-11-7-4-8-12(15(17)18)14(11)16-13(9)10/h3,5-6,12,16H,2,4,7-8H2,1H3,(H,17,18). The summed E-state index contributed by atoms with van der Waals surface area (Å²) in [6, 6.07) is 6.29. The van der Waals surface area contributed by atoms with Crippen molar-refractivity contribution in [1.29, 1.82) is 0 Å². The Morgan fingerprint density at radius 3 is 3.06 bits per heavy atom. The van der Waals surface area contributed by atoms with Gasteiger partial charge in [-0.3, -0.25) is 4.79 Å². The molecule has 0 spiro atoms. The molecule has 3 rings (SSSR count). The Hall–Kier alpha value is -1.77. The van der Waals surface area contributed by atoms with E-state index in [1.165, 1.54) is 16.5 Å². The summed E-state index contributed by atoms with van der Waals surface area (Å²) in [4.78, 5) is 14.7. The van der Waals surface area contributed by atoms with Crippen LogP contribution in [0.5, 0.6) is 0 Å². The first-order chi connectivity index (χ1) is 8.72. The number of carboxylic acids is 1. The maximum absolute atomic E-state index is 11.3. The first kappa shape index (κ1) is 11.3. The number of fused-ring (bicyclic) bond motifs is 3. The predicted octanol–water partition coefficient (Wildman–Crippen LogP) is 3.23. The molecule has 1 atom stereocenters. The molecule has 1 unspecified atom stereocenters. The van der Waals surface area contributed by atoms with Gasteiger partial charge in [0.05, 0.1) is 5.92 Å². The SMILES string of the molecule is CCc1cccc2c3c([nH]c12)C(C(=O)O)CCC3. The zero-order valence-corrected chi connectivity index (χ0v) is 10.5. The quantitative estimate of drug-likeness (QED) is 0.850. The number of aromatic nitrogens is 1. The maximum atomic E-state index is 11.3. The molecule has 0 saturated carbocycles. The van der Waals surface area contributed by atoms with Gasteiger partial charge in [0.15, 0.2) is 0 Å². The number of nitrogens with one attached hydrogen (secondary N) is 1. The zero-order valence-electron chi connectivity index (χ0n) is 10.5. The summed E-state index contributed by atoms with van der Waals surface area (Å²) in [5.41, 5.74) is 4.56. The van der Waals surface area contributed by atoms with Crippen molar-refractivity contribution in [3.8, 4) is 0 Å². The Morgan fingerprint density at radius 1 is 1.50 bits per heavy atom. The Bertz CT molecular complexity index is 612. The van der Waals surface area contributed by atoms with Crippen LogP contribution in [-0.4, -0.2) is 16.1 Å². The first-order valence-corrected chi connectivity index (χ1v) is 6.57. The van der Waals surface area contributed by atoms with E-state index in [0.717, 1.165) is 36.9 Å². The average Bonchev–Trinajstić information content (AvgIpc) is 2.76. The minimum Gasteiger partial charge on any atom is -0.481 e. The van der Waals surface area contributed by atoms with Crippen LogP contribution in [0, 0.1) is 0 Å². The van der Waals surface area contributed by atoms with E-state index in [2.05, 4.69) is 30.1 Å². The van der Waals surface area contributed by atoms with E-state index in [4.69, 9.17) is 0 Å². The number of aryl methyl sites for hydroxylation is 2.